The van der Waals surface area contributed by atoms with Crippen molar-refractivity contribution in [2.75, 3.05) is 12.4 Å². The zero-order valence-electron chi connectivity index (χ0n) is 16.6. The van der Waals surface area contributed by atoms with Gasteiger partial charge in [0.25, 0.3) is 10.2 Å². The summed E-state index contributed by atoms with van der Waals surface area (Å²) in [5.74, 6) is -1.65. The van der Waals surface area contributed by atoms with Crippen molar-refractivity contribution in [3.63, 3.8) is 0 Å². The summed E-state index contributed by atoms with van der Waals surface area (Å²) >= 11 is 7.06. The molecule has 3 heterocycles. The number of nitrogens with zero attached hydrogens (tertiary/aromatic N) is 2. The molecule has 1 fully saturated rings. The SMILES string of the molecule is CN1C(C(=O)Nc2ccc(F)c(Cl)c2)CC(c2cc(-c3ccc(F)cn3)cs2)NS1(=O)=O. The van der Waals surface area contributed by atoms with Crippen molar-refractivity contribution in [1.82, 2.24) is 14.0 Å². The summed E-state index contributed by atoms with van der Waals surface area (Å²) in [5, 5.41) is 4.22. The van der Waals surface area contributed by atoms with Crippen molar-refractivity contribution < 1.29 is 22.0 Å². The average Bonchev–Trinajstić information content (AvgIpc) is 3.23. The van der Waals surface area contributed by atoms with E-state index >= 15 is 0 Å². The van der Waals surface area contributed by atoms with Crippen molar-refractivity contribution in [2.45, 2.75) is 18.5 Å². The molecule has 2 unspecified atom stereocenters. The van der Waals surface area contributed by atoms with Crippen LogP contribution in [0.15, 0.2) is 48.0 Å². The van der Waals surface area contributed by atoms with Gasteiger partial charge in [-0.25, -0.2) is 8.78 Å². The standard InChI is InChI=1S/C20H17ClF2N4O3S2/c1-27-18(20(28)25-13-3-4-15(23)14(21)7-13)8-17(26-32(27,29)30)19-6-11(10-31-19)16-5-2-12(22)9-24-16/h2-7,9-10,17-18,26H,8H2,1H3,(H,25,28). The molecule has 2 N–H and O–H groups in total. The largest absolute Gasteiger partial charge is 0.325 e. The molecule has 1 aliphatic heterocycles. The molecule has 2 aromatic heterocycles. The summed E-state index contributed by atoms with van der Waals surface area (Å²) in [6, 6.07) is 6.63. The van der Waals surface area contributed by atoms with Crippen LogP contribution in [0.4, 0.5) is 14.5 Å². The quantitative estimate of drug-likeness (QED) is 0.569. The Bertz CT molecular complexity index is 1270. The Kier molecular flexibility index (Phi) is 6.28. The van der Waals surface area contributed by atoms with Gasteiger partial charge in [0.15, 0.2) is 0 Å². The van der Waals surface area contributed by atoms with Gasteiger partial charge in [-0.2, -0.15) is 17.4 Å². The van der Waals surface area contributed by atoms with E-state index in [-0.39, 0.29) is 17.1 Å². The molecule has 1 aliphatic rings. The van der Waals surface area contributed by atoms with Crippen LogP contribution in [0.2, 0.25) is 5.02 Å². The predicted molar refractivity (Wildman–Crippen MR) is 119 cm³/mol. The van der Waals surface area contributed by atoms with Crippen molar-refractivity contribution >= 4 is 44.7 Å². The van der Waals surface area contributed by atoms with Crippen LogP contribution in [0, 0.1) is 11.6 Å². The van der Waals surface area contributed by atoms with E-state index in [4.69, 9.17) is 11.6 Å². The fourth-order valence-electron chi connectivity index (χ4n) is 3.31. The van der Waals surface area contributed by atoms with Crippen molar-refractivity contribution in [3.8, 4) is 11.3 Å². The molecule has 168 valence electrons. The van der Waals surface area contributed by atoms with E-state index < -0.39 is 39.8 Å². The Labute approximate surface area is 192 Å². The van der Waals surface area contributed by atoms with E-state index in [0.717, 1.165) is 16.6 Å². The summed E-state index contributed by atoms with van der Waals surface area (Å²) < 4.78 is 55.4. The highest BCUT2D eigenvalue weighted by molar-refractivity contribution is 7.87. The van der Waals surface area contributed by atoms with E-state index in [9.17, 15) is 22.0 Å². The summed E-state index contributed by atoms with van der Waals surface area (Å²) in [5.41, 5.74) is 1.51. The summed E-state index contributed by atoms with van der Waals surface area (Å²) in [4.78, 5) is 17.6. The first-order chi connectivity index (χ1) is 15.1. The summed E-state index contributed by atoms with van der Waals surface area (Å²) in [7, 11) is -2.63. The molecule has 0 saturated carbocycles. The van der Waals surface area contributed by atoms with E-state index in [1.807, 2.05) is 0 Å². The van der Waals surface area contributed by atoms with Crippen molar-refractivity contribution in [2.24, 2.45) is 0 Å². The number of carbonyl (C=O) groups excluding carboxylic acids is 1. The molecule has 4 rings (SSSR count). The van der Waals surface area contributed by atoms with Crippen LogP contribution < -0.4 is 10.0 Å². The summed E-state index contributed by atoms with van der Waals surface area (Å²) in [6.07, 6.45) is 1.26. The molecule has 0 aliphatic carbocycles. The molecule has 0 spiro atoms. The van der Waals surface area contributed by atoms with E-state index in [2.05, 4.69) is 15.0 Å². The van der Waals surface area contributed by atoms with Crippen molar-refractivity contribution in [3.05, 3.63) is 69.5 Å². The van der Waals surface area contributed by atoms with Crippen LogP contribution in [-0.2, 0) is 15.0 Å². The van der Waals surface area contributed by atoms with Gasteiger partial charge in [0.2, 0.25) is 5.91 Å². The van der Waals surface area contributed by atoms with Crippen LogP contribution in [-0.4, -0.2) is 36.7 Å². The molecular formula is C20H17ClF2N4O3S2. The molecule has 32 heavy (non-hydrogen) atoms. The number of pyridine rings is 1. The second kappa shape index (κ2) is 8.83. The number of hydrogen-bond donors (Lipinski definition) is 2. The Morgan fingerprint density at radius 3 is 2.75 bits per heavy atom. The number of carbonyl (C=O) groups is 1. The highest BCUT2D eigenvalue weighted by Gasteiger charge is 2.41. The Hall–Kier alpha value is -2.44. The van der Waals surface area contributed by atoms with Gasteiger partial charge in [-0.1, -0.05) is 11.6 Å². The lowest BCUT2D eigenvalue weighted by Gasteiger charge is -2.35. The zero-order valence-corrected chi connectivity index (χ0v) is 18.9. The monoisotopic (exact) mass is 498 g/mol. The molecule has 1 amide bonds. The van der Waals surface area contributed by atoms with Crippen LogP contribution >= 0.6 is 22.9 Å². The first-order valence-electron chi connectivity index (χ1n) is 9.35. The fourth-order valence-corrected chi connectivity index (χ4v) is 5.80. The van der Waals surface area contributed by atoms with Crippen LogP contribution in [0.1, 0.15) is 17.3 Å². The van der Waals surface area contributed by atoms with Gasteiger partial charge in [0.05, 0.1) is 23.0 Å². The van der Waals surface area contributed by atoms with Gasteiger partial charge in [0, 0.05) is 28.6 Å². The molecule has 3 aromatic rings. The molecule has 0 bridgehead atoms. The number of halogens is 3. The predicted octanol–water partition coefficient (Wildman–Crippen LogP) is 3.96. The van der Waals surface area contributed by atoms with Crippen LogP contribution in [0.5, 0.6) is 0 Å². The second-order valence-electron chi connectivity index (χ2n) is 7.16. The lowest BCUT2D eigenvalue weighted by molar-refractivity contribution is -0.120. The molecule has 0 radical (unpaired) electrons. The van der Waals surface area contributed by atoms with Crippen LogP contribution in [0.25, 0.3) is 11.3 Å². The molecule has 2 atom stereocenters. The first-order valence-corrected chi connectivity index (χ1v) is 12.1. The number of thiophene rings is 1. The lowest BCUT2D eigenvalue weighted by Crippen LogP contribution is -2.55. The van der Waals surface area contributed by atoms with E-state index in [1.54, 1.807) is 11.4 Å². The third-order valence-electron chi connectivity index (χ3n) is 5.04. The number of anilines is 1. The van der Waals surface area contributed by atoms with Gasteiger partial charge in [0.1, 0.15) is 17.7 Å². The van der Waals surface area contributed by atoms with Gasteiger partial charge < -0.3 is 5.32 Å². The maximum absolute atomic E-state index is 13.4. The fraction of sp³-hybridized carbons (Fsp3) is 0.200. The molecular weight excluding hydrogens is 482 g/mol. The Morgan fingerprint density at radius 1 is 1.28 bits per heavy atom. The van der Waals surface area contributed by atoms with Gasteiger partial charge in [-0.05, 0) is 42.8 Å². The van der Waals surface area contributed by atoms with Gasteiger partial charge in [-0.15, -0.1) is 11.3 Å². The number of nitrogens with one attached hydrogen (secondary N) is 2. The summed E-state index contributed by atoms with van der Waals surface area (Å²) in [6.45, 7) is 0. The third kappa shape index (κ3) is 4.66. The normalized spacial score (nSPS) is 20.8. The smallest absolute Gasteiger partial charge is 0.280 e. The third-order valence-corrected chi connectivity index (χ3v) is 7.98. The zero-order chi connectivity index (χ0) is 23.0. The maximum Gasteiger partial charge on any atom is 0.280 e. The molecule has 12 heteroatoms. The maximum atomic E-state index is 13.4. The van der Waals surface area contributed by atoms with Crippen molar-refractivity contribution in [1.29, 1.82) is 0 Å². The number of aromatic nitrogens is 1. The molecule has 1 aromatic carbocycles. The topological polar surface area (TPSA) is 91.4 Å². The van der Waals surface area contributed by atoms with Gasteiger partial charge in [-0.3, -0.25) is 9.78 Å². The number of benzene rings is 1. The number of hydrogen-bond acceptors (Lipinski definition) is 5. The van der Waals surface area contributed by atoms with Crippen LogP contribution in [0.3, 0.4) is 0 Å². The molecule has 1 saturated heterocycles. The van der Waals surface area contributed by atoms with E-state index in [0.29, 0.717) is 16.1 Å². The minimum atomic E-state index is -3.94. The second-order valence-corrected chi connectivity index (χ2v) is 10.3. The Balaban J connectivity index is 1.56. The van der Waals surface area contributed by atoms with E-state index in [1.165, 1.54) is 42.6 Å². The highest BCUT2D eigenvalue weighted by atomic mass is 35.5. The van der Waals surface area contributed by atoms with Gasteiger partial charge >= 0.3 is 0 Å². The number of amides is 1. The Morgan fingerprint density at radius 2 is 2.06 bits per heavy atom. The minimum absolute atomic E-state index is 0.160. The highest BCUT2D eigenvalue weighted by Crippen LogP contribution is 2.34. The number of rotatable bonds is 4. The minimum Gasteiger partial charge on any atom is -0.325 e. The molecule has 7 nitrogen and oxygen atoms in total. The number of likely N-dealkylation sites (N-methyl/N-ethyl adjacent to an activating group) is 1. The lowest BCUT2D eigenvalue weighted by atomic mass is 10.0. The average molecular weight is 499 g/mol. The first kappa shape index (κ1) is 22.7.